The van der Waals surface area contributed by atoms with Gasteiger partial charge in [0.1, 0.15) is 11.0 Å². The molecule has 0 amide bonds. The van der Waals surface area contributed by atoms with Crippen LogP contribution in [0, 0.1) is 5.82 Å². The first-order valence-electron chi connectivity index (χ1n) is 5.61. The molecule has 3 N–H and O–H groups in total. The van der Waals surface area contributed by atoms with Gasteiger partial charge in [0.2, 0.25) is 0 Å². The van der Waals surface area contributed by atoms with Crippen LogP contribution in [-0.2, 0) is 6.42 Å². The van der Waals surface area contributed by atoms with E-state index in [1.807, 2.05) is 0 Å². The van der Waals surface area contributed by atoms with Gasteiger partial charge in [-0.2, -0.15) is 0 Å². The normalized spacial score (nSPS) is 12.4. The van der Waals surface area contributed by atoms with Gasteiger partial charge in [0, 0.05) is 11.2 Å². The van der Waals surface area contributed by atoms with Crippen LogP contribution in [0.5, 0.6) is 0 Å². The first-order valence-corrected chi connectivity index (χ1v) is 6.37. The molecular weight excluding hydrogens is 288 g/mol. The number of aromatic nitrogens is 1. The minimum Gasteiger partial charge on any atom is -0.271 e. The Hall–Kier alpha value is -1.20. The quantitative estimate of drug-likeness (QED) is 0.517. The minimum absolute atomic E-state index is 0.250. The largest absolute Gasteiger partial charge is 0.271 e. The molecule has 1 aromatic carbocycles. The molecule has 0 aliphatic carbocycles. The molecule has 100 valence electrons. The summed E-state index contributed by atoms with van der Waals surface area (Å²) in [6, 6.07) is 7.79. The predicted molar refractivity (Wildman–Crippen MR) is 74.4 cm³/mol. The Morgan fingerprint density at radius 3 is 2.63 bits per heavy atom. The molecule has 0 aliphatic rings. The Morgan fingerprint density at radius 2 is 2.05 bits per heavy atom. The van der Waals surface area contributed by atoms with E-state index in [-0.39, 0.29) is 11.9 Å². The van der Waals surface area contributed by atoms with E-state index < -0.39 is 0 Å². The van der Waals surface area contributed by atoms with E-state index in [0.29, 0.717) is 22.2 Å². The van der Waals surface area contributed by atoms with Crippen LogP contribution in [0.25, 0.3) is 0 Å². The molecule has 6 heteroatoms. The lowest BCUT2D eigenvalue weighted by molar-refractivity contribution is 0.528. The zero-order chi connectivity index (χ0) is 13.8. The SMILES string of the molecule is NNC(Cc1ccc(Cl)cc1F)c1ccc(Cl)nc1. The van der Waals surface area contributed by atoms with Crippen molar-refractivity contribution >= 4 is 23.2 Å². The lowest BCUT2D eigenvalue weighted by atomic mass is 10.0. The number of nitrogens with zero attached hydrogens (tertiary/aromatic N) is 1. The molecule has 0 spiro atoms. The van der Waals surface area contributed by atoms with Gasteiger partial charge in [-0.3, -0.25) is 11.3 Å². The first kappa shape index (κ1) is 14.2. The van der Waals surface area contributed by atoms with E-state index in [4.69, 9.17) is 29.0 Å². The highest BCUT2D eigenvalue weighted by Crippen LogP contribution is 2.22. The highest BCUT2D eigenvalue weighted by Gasteiger charge is 2.14. The number of benzene rings is 1. The Bertz CT molecular complexity index is 560. The van der Waals surface area contributed by atoms with Gasteiger partial charge in [-0.15, -0.1) is 0 Å². The number of nitrogens with one attached hydrogen (secondary N) is 1. The van der Waals surface area contributed by atoms with Crippen molar-refractivity contribution in [1.82, 2.24) is 10.4 Å². The summed E-state index contributed by atoms with van der Waals surface area (Å²) < 4.78 is 13.7. The zero-order valence-corrected chi connectivity index (χ0v) is 11.4. The van der Waals surface area contributed by atoms with E-state index in [9.17, 15) is 4.39 Å². The van der Waals surface area contributed by atoms with Crippen molar-refractivity contribution in [3.05, 3.63) is 63.6 Å². The molecule has 19 heavy (non-hydrogen) atoms. The Labute approximate surface area is 120 Å². The fraction of sp³-hybridized carbons (Fsp3) is 0.154. The van der Waals surface area contributed by atoms with Crippen LogP contribution in [0.1, 0.15) is 17.2 Å². The van der Waals surface area contributed by atoms with Gasteiger partial charge in [-0.1, -0.05) is 35.3 Å². The molecule has 0 bridgehead atoms. The van der Waals surface area contributed by atoms with Crippen molar-refractivity contribution in [2.24, 2.45) is 5.84 Å². The van der Waals surface area contributed by atoms with Crippen LogP contribution >= 0.6 is 23.2 Å². The lowest BCUT2D eigenvalue weighted by Crippen LogP contribution is -2.29. The number of nitrogens with two attached hydrogens (primary N) is 1. The highest BCUT2D eigenvalue weighted by molar-refractivity contribution is 6.30. The molecule has 0 saturated carbocycles. The topological polar surface area (TPSA) is 50.9 Å². The summed E-state index contributed by atoms with van der Waals surface area (Å²) in [4.78, 5) is 3.98. The molecule has 3 nitrogen and oxygen atoms in total. The van der Waals surface area contributed by atoms with Crippen molar-refractivity contribution in [3.8, 4) is 0 Å². The second-order valence-corrected chi connectivity index (χ2v) is 4.90. The number of rotatable bonds is 4. The second kappa shape index (κ2) is 6.30. The molecule has 0 fully saturated rings. The maximum Gasteiger partial charge on any atom is 0.129 e. The van der Waals surface area contributed by atoms with Crippen molar-refractivity contribution in [3.63, 3.8) is 0 Å². The summed E-state index contributed by atoms with van der Waals surface area (Å²) in [5.74, 6) is 5.16. The standard InChI is InChI=1S/C13H12Cl2FN3/c14-10-3-1-8(11(16)6-10)5-12(19-17)9-2-4-13(15)18-7-9/h1-4,6-7,12,19H,5,17H2. The Balaban J connectivity index is 2.21. The number of hydrazine groups is 1. The van der Waals surface area contributed by atoms with Crippen LogP contribution in [-0.4, -0.2) is 4.98 Å². The first-order chi connectivity index (χ1) is 9.10. The fourth-order valence-electron chi connectivity index (χ4n) is 1.77. The van der Waals surface area contributed by atoms with E-state index in [0.717, 1.165) is 5.56 Å². The van der Waals surface area contributed by atoms with Crippen molar-refractivity contribution in [2.45, 2.75) is 12.5 Å². The van der Waals surface area contributed by atoms with Gasteiger partial charge in [0.25, 0.3) is 0 Å². The fourth-order valence-corrected chi connectivity index (χ4v) is 2.04. The third kappa shape index (κ3) is 3.64. The third-order valence-electron chi connectivity index (χ3n) is 2.79. The number of pyridine rings is 1. The van der Waals surface area contributed by atoms with Crippen molar-refractivity contribution in [1.29, 1.82) is 0 Å². The number of hydrogen-bond donors (Lipinski definition) is 2. The second-order valence-electron chi connectivity index (χ2n) is 4.07. The molecule has 1 heterocycles. The average Bonchev–Trinajstić information content (AvgIpc) is 2.39. The van der Waals surface area contributed by atoms with Gasteiger partial charge in [-0.25, -0.2) is 9.37 Å². The summed E-state index contributed by atoms with van der Waals surface area (Å²) in [5, 5.41) is 0.767. The molecule has 1 unspecified atom stereocenters. The zero-order valence-electron chi connectivity index (χ0n) is 9.91. The number of halogens is 3. The van der Waals surface area contributed by atoms with Gasteiger partial charge in [0.05, 0.1) is 6.04 Å². The Kier molecular flexibility index (Phi) is 4.71. The Morgan fingerprint density at radius 1 is 1.26 bits per heavy atom. The van der Waals surface area contributed by atoms with Gasteiger partial charge < -0.3 is 0 Å². The monoisotopic (exact) mass is 299 g/mol. The van der Waals surface area contributed by atoms with Crippen LogP contribution < -0.4 is 11.3 Å². The maximum atomic E-state index is 13.7. The van der Waals surface area contributed by atoms with Crippen LogP contribution in [0.15, 0.2) is 36.5 Å². The molecule has 0 radical (unpaired) electrons. The predicted octanol–water partition coefficient (Wildman–Crippen LogP) is 3.27. The summed E-state index contributed by atoms with van der Waals surface area (Å²) in [6.07, 6.45) is 2.00. The molecular formula is C13H12Cl2FN3. The van der Waals surface area contributed by atoms with Crippen LogP contribution in [0.4, 0.5) is 4.39 Å². The maximum absolute atomic E-state index is 13.7. The molecule has 2 aromatic rings. The van der Waals surface area contributed by atoms with Crippen molar-refractivity contribution < 1.29 is 4.39 Å². The summed E-state index contributed by atoms with van der Waals surface area (Å²) in [6.45, 7) is 0. The van der Waals surface area contributed by atoms with E-state index in [2.05, 4.69) is 10.4 Å². The van der Waals surface area contributed by atoms with Crippen LogP contribution in [0.2, 0.25) is 10.2 Å². The van der Waals surface area contributed by atoms with Crippen LogP contribution in [0.3, 0.4) is 0 Å². The summed E-state index contributed by atoms with van der Waals surface area (Å²) in [7, 11) is 0. The van der Waals surface area contributed by atoms with E-state index >= 15 is 0 Å². The molecule has 2 rings (SSSR count). The minimum atomic E-state index is -0.352. The van der Waals surface area contributed by atoms with Crippen molar-refractivity contribution in [2.75, 3.05) is 0 Å². The number of hydrogen-bond acceptors (Lipinski definition) is 3. The molecule has 1 aromatic heterocycles. The highest BCUT2D eigenvalue weighted by atomic mass is 35.5. The summed E-state index contributed by atoms with van der Waals surface area (Å²) >= 11 is 11.4. The van der Waals surface area contributed by atoms with Gasteiger partial charge in [-0.05, 0) is 35.7 Å². The lowest BCUT2D eigenvalue weighted by Gasteiger charge is -2.16. The summed E-state index contributed by atoms with van der Waals surface area (Å²) in [5.41, 5.74) is 4.01. The van der Waals surface area contributed by atoms with Gasteiger partial charge in [0.15, 0.2) is 0 Å². The third-order valence-corrected chi connectivity index (χ3v) is 3.25. The average molecular weight is 300 g/mol. The smallest absolute Gasteiger partial charge is 0.129 e. The molecule has 0 saturated heterocycles. The molecule has 1 atom stereocenters. The van der Waals surface area contributed by atoms with E-state index in [1.54, 1.807) is 30.5 Å². The van der Waals surface area contributed by atoms with E-state index in [1.165, 1.54) is 6.07 Å². The van der Waals surface area contributed by atoms with Gasteiger partial charge >= 0.3 is 0 Å². The molecule has 0 aliphatic heterocycles.